The summed E-state index contributed by atoms with van der Waals surface area (Å²) in [6, 6.07) is 5.88. The molecule has 6 nitrogen and oxygen atoms in total. The van der Waals surface area contributed by atoms with Crippen LogP contribution in [0.15, 0.2) is 18.2 Å². The molecule has 2 heterocycles. The van der Waals surface area contributed by atoms with Gasteiger partial charge in [-0.25, -0.2) is 4.98 Å². The van der Waals surface area contributed by atoms with Gasteiger partial charge in [0.2, 0.25) is 11.8 Å². The van der Waals surface area contributed by atoms with Crippen molar-refractivity contribution in [1.29, 1.82) is 0 Å². The summed E-state index contributed by atoms with van der Waals surface area (Å²) in [5.74, 6) is 1.06. The van der Waals surface area contributed by atoms with Crippen molar-refractivity contribution in [2.24, 2.45) is 0 Å². The largest absolute Gasteiger partial charge is 0.342 e. The zero-order valence-corrected chi connectivity index (χ0v) is 12.9. The van der Waals surface area contributed by atoms with Gasteiger partial charge in [0, 0.05) is 33.1 Å². The van der Waals surface area contributed by atoms with Gasteiger partial charge >= 0.3 is 0 Å². The molecule has 1 N–H and O–H groups in total. The molecular weight excluding hydrogens is 280 g/mol. The van der Waals surface area contributed by atoms with Gasteiger partial charge in [-0.15, -0.1) is 0 Å². The van der Waals surface area contributed by atoms with E-state index in [4.69, 9.17) is 0 Å². The van der Waals surface area contributed by atoms with Gasteiger partial charge in [-0.2, -0.15) is 0 Å². The van der Waals surface area contributed by atoms with Gasteiger partial charge in [-0.1, -0.05) is 6.07 Å². The average molecular weight is 300 g/mol. The summed E-state index contributed by atoms with van der Waals surface area (Å²) in [5.41, 5.74) is 2.86. The lowest BCUT2D eigenvalue weighted by molar-refractivity contribution is -0.138. The molecule has 0 spiro atoms. The number of imidazole rings is 1. The lowest BCUT2D eigenvalue weighted by Gasteiger charge is -2.34. The predicted molar refractivity (Wildman–Crippen MR) is 83.4 cm³/mol. The number of aromatic nitrogens is 2. The molecule has 0 aliphatic carbocycles. The van der Waals surface area contributed by atoms with E-state index in [0.717, 1.165) is 22.4 Å². The van der Waals surface area contributed by atoms with Crippen LogP contribution in [0.1, 0.15) is 18.3 Å². The Kier molecular flexibility index (Phi) is 3.83. The number of piperazine rings is 1. The summed E-state index contributed by atoms with van der Waals surface area (Å²) in [6.07, 6.45) is 0.383. The van der Waals surface area contributed by atoms with E-state index < -0.39 is 0 Å². The number of nitrogens with one attached hydrogen (secondary N) is 1. The number of fused-ring (bicyclic) bond motifs is 1. The molecule has 3 rings (SSSR count). The third kappa shape index (κ3) is 2.95. The smallest absolute Gasteiger partial charge is 0.227 e. The second-order valence-electron chi connectivity index (χ2n) is 5.74. The molecule has 0 atom stereocenters. The first-order valence-electron chi connectivity index (χ1n) is 7.51. The van der Waals surface area contributed by atoms with Gasteiger partial charge in [-0.3, -0.25) is 9.59 Å². The van der Waals surface area contributed by atoms with Crippen molar-refractivity contribution < 1.29 is 9.59 Å². The Balaban J connectivity index is 1.64. The quantitative estimate of drug-likeness (QED) is 0.903. The van der Waals surface area contributed by atoms with Gasteiger partial charge in [0.25, 0.3) is 0 Å². The molecule has 0 unspecified atom stereocenters. The SMILES string of the molecule is CC(=O)N1CCN(C(=O)Cc2ccc3nc(C)[nH]c3c2)CC1. The summed E-state index contributed by atoms with van der Waals surface area (Å²) < 4.78 is 0. The summed E-state index contributed by atoms with van der Waals surface area (Å²) in [5, 5.41) is 0. The number of amides is 2. The number of hydrogen-bond acceptors (Lipinski definition) is 3. The Bertz CT molecular complexity index is 714. The maximum atomic E-state index is 12.4. The normalized spacial score (nSPS) is 15.4. The van der Waals surface area contributed by atoms with Crippen molar-refractivity contribution >= 4 is 22.8 Å². The number of H-pyrrole nitrogens is 1. The van der Waals surface area contributed by atoms with Gasteiger partial charge in [0.05, 0.1) is 17.5 Å². The summed E-state index contributed by atoms with van der Waals surface area (Å²) in [7, 11) is 0. The molecule has 22 heavy (non-hydrogen) atoms. The monoisotopic (exact) mass is 300 g/mol. The van der Waals surface area contributed by atoms with E-state index in [1.165, 1.54) is 0 Å². The van der Waals surface area contributed by atoms with Crippen molar-refractivity contribution in [3.05, 3.63) is 29.6 Å². The van der Waals surface area contributed by atoms with Gasteiger partial charge in [0.15, 0.2) is 0 Å². The minimum Gasteiger partial charge on any atom is -0.342 e. The highest BCUT2D eigenvalue weighted by Crippen LogP contribution is 2.15. The molecule has 2 aromatic rings. The number of carbonyl (C=O) groups excluding carboxylic acids is 2. The van der Waals surface area contributed by atoms with Crippen LogP contribution in [0, 0.1) is 6.92 Å². The van der Waals surface area contributed by atoms with Crippen molar-refractivity contribution in [3.8, 4) is 0 Å². The van der Waals surface area contributed by atoms with Gasteiger partial charge in [-0.05, 0) is 24.6 Å². The first-order valence-corrected chi connectivity index (χ1v) is 7.51. The Morgan fingerprint density at radius 3 is 2.55 bits per heavy atom. The highest BCUT2D eigenvalue weighted by atomic mass is 16.2. The van der Waals surface area contributed by atoms with Crippen LogP contribution in [0.3, 0.4) is 0 Å². The molecule has 6 heteroatoms. The lowest BCUT2D eigenvalue weighted by Crippen LogP contribution is -2.50. The van der Waals surface area contributed by atoms with Gasteiger partial charge in [0.1, 0.15) is 5.82 Å². The van der Waals surface area contributed by atoms with Crippen molar-refractivity contribution in [2.75, 3.05) is 26.2 Å². The first-order chi connectivity index (χ1) is 10.5. The number of carbonyl (C=O) groups is 2. The highest BCUT2D eigenvalue weighted by molar-refractivity contribution is 5.82. The minimum atomic E-state index is 0.0761. The maximum Gasteiger partial charge on any atom is 0.227 e. The Hall–Kier alpha value is -2.37. The minimum absolute atomic E-state index is 0.0761. The van der Waals surface area contributed by atoms with Crippen LogP contribution in [0.25, 0.3) is 11.0 Å². The van der Waals surface area contributed by atoms with Crippen LogP contribution in [-0.2, 0) is 16.0 Å². The van der Waals surface area contributed by atoms with Crippen molar-refractivity contribution in [3.63, 3.8) is 0 Å². The first kappa shape index (κ1) is 14.6. The average Bonchev–Trinajstić information content (AvgIpc) is 2.86. The van der Waals surface area contributed by atoms with E-state index >= 15 is 0 Å². The van der Waals surface area contributed by atoms with Crippen LogP contribution >= 0.6 is 0 Å². The third-order valence-electron chi connectivity index (χ3n) is 4.10. The molecule has 0 saturated carbocycles. The van der Waals surface area contributed by atoms with E-state index in [0.29, 0.717) is 32.6 Å². The number of rotatable bonds is 2. The molecule has 1 aromatic heterocycles. The lowest BCUT2D eigenvalue weighted by atomic mass is 10.1. The fourth-order valence-electron chi connectivity index (χ4n) is 2.85. The van der Waals surface area contributed by atoms with Crippen LogP contribution in [0.2, 0.25) is 0 Å². The summed E-state index contributed by atoms with van der Waals surface area (Å²) in [4.78, 5) is 34.9. The highest BCUT2D eigenvalue weighted by Gasteiger charge is 2.22. The number of benzene rings is 1. The molecule has 1 aromatic carbocycles. The third-order valence-corrected chi connectivity index (χ3v) is 4.10. The summed E-state index contributed by atoms with van der Waals surface area (Å²) >= 11 is 0. The van der Waals surface area contributed by atoms with Crippen LogP contribution in [-0.4, -0.2) is 57.8 Å². The number of hydrogen-bond donors (Lipinski definition) is 1. The van der Waals surface area contributed by atoms with Crippen LogP contribution in [0.5, 0.6) is 0 Å². The zero-order valence-electron chi connectivity index (χ0n) is 12.9. The standard InChI is InChI=1S/C16H20N4O2/c1-11-17-14-4-3-13(9-15(14)18-11)10-16(22)20-7-5-19(6-8-20)12(2)21/h3-4,9H,5-8,10H2,1-2H3,(H,17,18). The fraction of sp³-hybridized carbons (Fsp3) is 0.438. The van der Waals surface area contributed by atoms with Crippen molar-refractivity contribution in [1.82, 2.24) is 19.8 Å². The Labute approximate surface area is 129 Å². The number of nitrogens with zero attached hydrogens (tertiary/aromatic N) is 3. The topological polar surface area (TPSA) is 69.3 Å². The van der Waals surface area contributed by atoms with E-state index in [1.807, 2.05) is 30.0 Å². The predicted octanol–water partition coefficient (Wildman–Crippen LogP) is 1.10. The van der Waals surface area contributed by atoms with Crippen LogP contribution < -0.4 is 0 Å². The number of aromatic amines is 1. The van der Waals surface area contributed by atoms with Gasteiger partial charge < -0.3 is 14.8 Å². The number of aryl methyl sites for hydroxylation is 1. The molecule has 1 saturated heterocycles. The van der Waals surface area contributed by atoms with E-state index in [9.17, 15) is 9.59 Å². The van der Waals surface area contributed by atoms with Crippen LogP contribution in [0.4, 0.5) is 0 Å². The zero-order chi connectivity index (χ0) is 15.7. The Morgan fingerprint density at radius 2 is 1.86 bits per heavy atom. The molecule has 116 valence electrons. The molecule has 1 aliphatic rings. The van der Waals surface area contributed by atoms with E-state index in [1.54, 1.807) is 11.8 Å². The molecule has 0 radical (unpaired) electrons. The molecule has 2 amide bonds. The molecule has 1 aliphatic heterocycles. The van der Waals surface area contributed by atoms with E-state index in [-0.39, 0.29) is 11.8 Å². The van der Waals surface area contributed by atoms with E-state index in [2.05, 4.69) is 9.97 Å². The molecule has 0 bridgehead atoms. The summed E-state index contributed by atoms with van der Waals surface area (Å²) in [6.45, 7) is 5.96. The molecule has 1 fully saturated rings. The fourth-order valence-corrected chi connectivity index (χ4v) is 2.85. The second kappa shape index (κ2) is 5.79. The maximum absolute atomic E-state index is 12.4. The Morgan fingerprint density at radius 1 is 1.18 bits per heavy atom. The second-order valence-corrected chi connectivity index (χ2v) is 5.74. The molecular formula is C16H20N4O2. The van der Waals surface area contributed by atoms with Crippen molar-refractivity contribution in [2.45, 2.75) is 20.3 Å².